The van der Waals surface area contributed by atoms with Gasteiger partial charge in [-0.1, -0.05) is 19.9 Å². The molecule has 0 saturated carbocycles. The van der Waals surface area contributed by atoms with Gasteiger partial charge < -0.3 is 9.90 Å². The SMILES string of the molecule is CCc1cc(O)cc(C(C)C=O)c1. The molecule has 0 fully saturated rings. The number of benzene rings is 1. The summed E-state index contributed by atoms with van der Waals surface area (Å²) in [6, 6.07) is 5.32. The molecule has 1 unspecified atom stereocenters. The van der Waals surface area contributed by atoms with Crippen molar-refractivity contribution in [3.8, 4) is 5.75 Å². The lowest BCUT2D eigenvalue weighted by atomic mass is 9.99. The number of phenolic OH excluding ortho intramolecular Hbond substituents is 1. The van der Waals surface area contributed by atoms with Gasteiger partial charge in [-0.15, -0.1) is 0 Å². The number of carbonyl (C=O) groups excluding carboxylic acids is 1. The Labute approximate surface area is 78.2 Å². The molecule has 1 aromatic rings. The predicted octanol–water partition coefficient (Wildman–Crippen LogP) is 2.26. The van der Waals surface area contributed by atoms with Gasteiger partial charge in [0.2, 0.25) is 0 Å². The van der Waals surface area contributed by atoms with E-state index in [0.717, 1.165) is 23.8 Å². The summed E-state index contributed by atoms with van der Waals surface area (Å²) in [5.74, 6) is 0.0976. The van der Waals surface area contributed by atoms with E-state index in [9.17, 15) is 9.90 Å². The molecule has 0 saturated heterocycles. The van der Waals surface area contributed by atoms with E-state index in [1.165, 1.54) is 0 Å². The molecule has 0 radical (unpaired) electrons. The molecule has 0 heterocycles. The zero-order chi connectivity index (χ0) is 9.84. The summed E-state index contributed by atoms with van der Waals surface area (Å²) in [5, 5.41) is 9.35. The summed E-state index contributed by atoms with van der Waals surface area (Å²) in [6.07, 6.45) is 1.75. The lowest BCUT2D eigenvalue weighted by molar-refractivity contribution is -0.108. The van der Waals surface area contributed by atoms with Crippen LogP contribution in [0.2, 0.25) is 0 Å². The van der Waals surface area contributed by atoms with Crippen LogP contribution in [-0.2, 0) is 11.2 Å². The first-order valence-corrected chi connectivity index (χ1v) is 4.45. The topological polar surface area (TPSA) is 37.3 Å². The maximum Gasteiger partial charge on any atom is 0.127 e. The third kappa shape index (κ3) is 2.31. The van der Waals surface area contributed by atoms with Crippen molar-refractivity contribution in [3.63, 3.8) is 0 Å². The average Bonchev–Trinajstić information content (AvgIpc) is 2.15. The van der Waals surface area contributed by atoms with Gasteiger partial charge >= 0.3 is 0 Å². The van der Waals surface area contributed by atoms with Crippen molar-refractivity contribution < 1.29 is 9.90 Å². The molecule has 2 nitrogen and oxygen atoms in total. The van der Waals surface area contributed by atoms with Crippen LogP contribution in [0.4, 0.5) is 0 Å². The van der Waals surface area contributed by atoms with E-state index in [-0.39, 0.29) is 11.7 Å². The van der Waals surface area contributed by atoms with Crippen molar-refractivity contribution in [1.29, 1.82) is 0 Å². The number of hydrogen-bond acceptors (Lipinski definition) is 2. The fourth-order valence-corrected chi connectivity index (χ4v) is 1.25. The zero-order valence-corrected chi connectivity index (χ0v) is 7.95. The summed E-state index contributed by atoms with van der Waals surface area (Å²) in [4.78, 5) is 10.5. The van der Waals surface area contributed by atoms with Crippen LogP contribution in [0.25, 0.3) is 0 Å². The standard InChI is InChI=1S/C11H14O2/c1-3-9-4-10(8(2)7-12)6-11(13)5-9/h4-8,13H,3H2,1-2H3. The minimum absolute atomic E-state index is 0.141. The van der Waals surface area contributed by atoms with Crippen molar-refractivity contribution in [2.75, 3.05) is 0 Å². The van der Waals surface area contributed by atoms with Crippen LogP contribution in [0.15, 0.2) is 18.2 Å². The van der Waals surface area contributed by atoms with Crippen LogP contribution in [0.5, 0.6) is 5.75 Å². The number of aldehydes is 1. The first-order chi connectivity index (χ1) is 6.17. The minimum atomic E-state index is -0.141. The Bertz CT molecular complexity index is 305. The molecular weight excluding hydrogens is 164 g/mol. The fourth-order valence-electron chi connectivity index (χ4n) is 1.25. The molecule has 1 aromatic carbocycles. The monoisotopic (exact) mass is 178 g/mol. The van der Waals surface area contributed by atoms with Gasteiger partial charge in [-0.2, -0.15) is 0 Å². The number of carbonyl (C=O) groups is 1. The molecule has 1 N–H and O–H groups in total. The molecule has 0 bridgehead atoms. The van der Waals surface area contributed by atoms with Crippen molar-refractivity contribution >= 4 is 6.29 Å². The summed E-state index contributed by atoms with van der Waals surface area (Å²) >= 11 is 0. The molecule has 2 heteroatoms. The van der Waals surface area contributed by atoms with Crippen molar-refractivity contribution in [2.45, 2.75) is 26.2 Å². The number of hydrogen-bond donors (Lipinski definition) is 1. The lowest BCUT2D eigenvalue weighted by Crippen LogP contribution is -1.95. The normalized spacial score (nSPS) is 12.5. The second kappa shape index (κ2) is 4.08. The van der Waals surface area contributed by atoms with E-state index < -0.39 is 0 Å². The van der Waals surface area contributed by atoms with Gasteiger partial charge in [0.15, 0.2) is 0 Å². The van der Waals surface area contributed by atoms with Crippen LogP contribution in [0.1, 0.15) is 30.9 Å². The van der Waals surface area contributed by atoms with Gasteiger partial charge in [0.25, 0.3) is 0 Å². The van der Waals surface area contributed by atoms with Crippen molar-refractivity contribution in [2.24, 2.45) is 0 Å². The Hall–Kier alpha value is -1.31. The van der Waals surface area contributed by atoms with Gasteiger partial charge in [0.05, 0.1) is 0 Å². The zero-order valence-electron chi connectivity index (χ0n) is 7.95. The maximum atomic E-state index is 10.5. The molecular formula is C11H14O2. The summed E-state index contributed by atoms with van der Waals surface area (Å²) in [5.41, 5.74) is 1.94. The van der Waals surface area contributed by atoms with Gasteiger partial charge in [0.1, 0.15) is 12.0 Å². The molecule has 0 aromatic heterocycles. The molecule has 1 rings (SSSR count). The van der Waals surface area contributed by atoms with E-state index in [1.54, 1.807) is 12.1 Å². The molecule has 1 atom stereocenters. The number of aromatic hydroxyl groups is 1. The molecule has 70 valence electrons. The van der Waals surface area contributed by atoms with E-state index in [0.29, 0.717) is 0 Å². The first-order valence-electron chi connectivity index (χ1n) is 4.45. The number of phenols is 1. The Balaban J connectivity index is 3.07. The Kier molecular flexibility index (Phi) is 3.07. The van der Waals surface area contributed by atoms with E-state index in [1.807, 2.05) is 19.9 Å². The molecule has 0 spiro atoms. The second-order valence-electron chi connectivity index (χ2n) is 3.21. The van der Waals surface area contributed by atoms with Crippen LogP contribution < -0.4 is 0 Å². The van der Waals surface area contributed by atoms with Crippen molar-refractivity contribution in [1.82, 2.24) is 0 Å². The summed E-state index contributed by atoms with van der Waals surface area (Å²) < 4.78 is 0. The highest BCUT2D eigenvalue weighted by molar-refractivity contribution is 5.62. The number of rotatable bonds is 3. The predicted molar refractivity (Wildman–Crippen MR) is 52.0 cm³/mol. The van der Waals surface area contributed by atoms with Gasteiger partial charge in [-0.05, 0) is 29.7 Å². The lowest BCUT2D eigenvalue weighted by Gasteiger charge is -2.07. The highest BCUT2D eigenvalue weighted by Gasteiger charge is 2.05. The minimum Gasteiger partial charge on any atom is -0.508 e. The van der Waals surface area contributed by atoms with E-state index in [4.69, 9.17) is 0 Å². The highest BCUT2D eigenvalue weighted by atomic mass is 16.3. The van der Waals surface area contributed by atoms with Crippen LogP contribution >= 0.6 is 0 Å². The fraction of sp³-hybridized carbons (Fsp3) is 0.364. The third-order valence-electron chi connectivity index (χ3n) is 2.14. The maximum absolute atomic E-state index is 10.5. The Morgan fingerprint density at radius 3 is 2.69 bits per heavy atom. The molecule has 13 heavy (non-hydrogen) atoms. The Morgan fingerprint density at radius 1 is 1.46 bits per heavy atom. The summed E-state index contributed by atoms with van der Waals surface area (Å²) in [6.45, 7) is 3.84. The number of aryl methyl sites for hydroxylation is 1. The molecule has 0 aliphatic carbocycles. The van der Waals surface area contributed by atoms with Gasteiger partial charge in [0, 0.05) is 5.92 Å². The molecule has 0 aliphatic rings. The average molecular weight is 178 g/mol. The molecule has 0 aliphatic heterocycles. The van der Waals surface area contributed by atoms with Gasteiger partial charge in [-0.25, -0.2) is 0 Å². The van der Waals surface area contributed by atoms with Crippen LogP contribution in [0.3, 0.4) is 0 Å². The quantitative estimate of drug-likeness (QED) is 0.721. The van der Waals surface area contributed by atoms with Crippen LogP contribution in [0, 0.1) is 0 Å². The largest absolute Gasteiger partial charge is 0.508 e. The highest BCUT2D eigenvalue weighted by Crippen LogP contribution is 2.21. The Morgan fingerprint density at radius 2 is 2.15 bits per heavy atom. The molecule has 0 amide bonds. The second-order valence-corrected chi connectivity index (χ2v) is 3.21. The smallest absolute Gasteiger partial charge is 0.127 e. The first kappa shape index (κ1) is 9.78. The van der Waals surface area contributed by atoms with Gasteiger partial charge in [-0.3, -0.25) is 0 Å². The van der Waals surface area contributed by atoms with Crippen molar-refractivity contribution in [3.05, 3.63) is 29.3 Å². The van der Waals surface area contributed by atoms with Crippen LogP contribution in [-0.4, -0.2) is 11.4 Å². The van der Waals surface area contributed by atoms with E-state index >= 15 is 0 Å². The van der Waals surface area contributed by atoms with E-state index in [2.05, 4.69) is 0 Å². The summed E-state index contributed by atoms with van der Waals surface area (Å²) in [7, 11) is 0. The third-order valence-corrected chi connectivity index (χ3v) is 2.14.